The summed E-state index contributed by atoms with van der Waals surface area (Å²) in [5.41, 5.74) is 0.693. The van der Waals surface area contributed by atoms with Gasteiger partial charge in [0.25, 0.3) is 0 Å². The number of carbonyl (C=O) groups is 1. The molecule has 1 amide bonds. The van der Waals surface area contributed by atoms with Crippen LogP contribution in [0.5, 0.6) is 5.75 Å². The first-order valence-electron chi connectivity index (χ1n) is 8.45. The molecule has 0 bridgehead atoms. The van der Waals surface area contributed by atoms with Crippen LogP contribution in [0.15, 0.2) is 48.7 Å². The number of nitrogens with one attached hydrogen (secondary N) is 2. The topological polar surface area (TPSA) is 63.2 Å². The highest BCUT2D eigenvalue weighted by Crippen LogP contribution is 2.11. The van der Waals surface area contributed by atoms with Crippen molar-refractivity contribution in [3.05, 3.63) is 48.7 Å². The fraction of sp³-hybridized carbons (Fsp3) is 0.368. The number of hydrogen-bond acceptors (Lipinski definition) is 4. The predicted molar refractivity (Wildman–Crippen MR) is 97.4 cm³/mol. The van der Waals surface area contributed by atoms with E-state index >= 15 is 0 Å². The van der Waals surface area contributed by atoms with Gasteiger partial charge in [-0.2, -0.15) is 0 Å². The number of anilines is 2. The van der Waals surface area contributed by atoms with E-state index in [4.69, 9.17) is 4.74 Å². The van der Waals surface area contributed by atoms with Gasteiger partial charge in [0.15, 0.2) is 0 Å². The molecule has 5 nitrogen and oxygen atoms in total. The molecule has 2 N–H and O–H groups in total. The van der Waals surface area contributed by atoms with Gasteiger partial charge in [-0.3, -0.25) is 4.79 Å². The van der Waals surface area contributed by atoms with Crippen LogP contribution in [-0.2, 0) is 4.79 Å². The van der Waals surface area contributed by atoms with E-state index < -0.39 is 0 Å². The average molecular weight is 327 g/mol. The lowest BCUT2D eigenvalue weighted by atomic mass is 10.2. The molecule has 1 heterocycles. The molecule has 0 aliphatic rings. The van der Waals surface area contributed by atoms with Crippen LogP contribution in [0.2, 0.25) is 0 Å². The first-order valence-corrected chi connectivity index (χ1v) is 8.45. The van der Waals surface area contributed by atoms with Gasteiger partial charge in [0.05, 0.1) is 24.9 Å². The quantitative estimate of drug-likeness (QED) is 0.645. The Morgan fingerprint density at radius 3 is 2.67 bits per heavy atom. The van der Waals surface area contributed by atoms with E-state index in [0.29, 0.717) is 18.7 Å². The molecule has 0 atom stereocenters. The van der Waals surface area contributed by atoms with Crippen LogP contribution in [0, 0.1) is 0 Å². The maximum atomic E-state index is 11.9. The highest BCUT2D eigenvalue weighted by molar-refractivity contribution is 5.90. The van der Waals surface area contributed by atoms with Gasteiger partial charge in [-0.1, -0.05) is 38.0 Å². The van der Waals surface area contributed by atoms with Crippen molar-refractivity contribution in [2.24, 2.45) is 0 Å². The molecular weight excluding hydrogens is 302 g/mol. The monoisotopic (exact) mass is 327 g/mol. The SMILES string of the molecule is CCCCCNc1ccc(NC(=O)CCOc2ccccc2)cn1. The lowest BCUT2D eigenvalue weighted by molar-refractivity contribution is -0.116. The second kappa shape index (κ2) is 10.3. The number of ether oxygens (including phenoxy) is 1. The first kappa shape index (κ1) is 17.8. The normalized spacial score (nSPS) is 10.2. The summed E-state index contributed by atoms with van der Waals surface area (Å²) in [4.78, 5) is 16.2. The molecule has 0 spiro atoms. The molecule has 0 saturated heterocycles. The fourth-order valence-electron chi connectivity index (χ4n) is 2.17. The highest BCUT2D eigenvalue weighted by atomic mass is 16.5. The maximum absolute atomic E-state index is 11.9. The van der Waals surface area contributed by atoms with Crippen LogP contribution in [-0.4, -0.2) is 24.0 Å². The van der Waals surface area contributed by atoms with Crippen molar-refractivity contribution >= 4 is 17.4 Å². The molecule has 2 aromatic rings. The van der Waals surface area contributed by atoms with Gasteiger partial charge in [0, 0.05) is 6.54 Å². The lowest BCUT2D eigenvalue weighted by Gasteiger charge is -2.08. The molecule has 2 rings (SSSR count). The van der Waals surface area contributed by atoms with Gasteiger partial charge in [-0.05, 0) is 30.7 Å². The van der Waals surface area contributed by atoms with Crippen LogP contribution >= 0.6 is 0 Å². The number of para-hydroxylation sites is 1. The standard InChI is InChI=1S/C19H25N3O2/c1-2-3-7-13-20-18-11-10-16(15-21-18)22-19(23)12-14-24-17-8-5-4-6-9-17/h4-6,8-11,15H,2-3,7,12-14H2,1H3,(H,20,21)(H,22,23). The minimum Gasteiger partial charge on any atom is -0.493 e. The number of pyridine rings is 1. The molecule has 0 unspecified atom stereocenters. The fourth-order valence-corrected chi connectivity index (χ4v) is 2.17. The molecule has 0 fully saturated rings. The lowest BCUT2D eigenvalue weighted by Crippen LogP contribution is -2.15. The Morgan fingerprint density at radius 2 is 1.96 bits per heavy atom. The van der Waals surface area contributed by atoms with Crippen molar-refractivity contribution < 1.29 is 9.53 Å². The Kier molecular flexibility index (Phi) is 7.60. The first-order chi connectivity index (χ1) is 11.8. The van der Waals surface area contributed by atoms with E-state index in [0.717, 1.165) is 24.5 Å². The summed E-state index contributed by atoms with van der Waals surface area (Å²) in [7, 11) is 0. The minimum absolute atomic E-state index is 0.0867. The molecule has 0 aliphatic heterocycles. The molecule has 24 heavy (non-hydrogen) atoms. The smallest absolute Gasteiger partial charge is 0.227 e. The number of aromatic nitrogens is 1. The number of hydrogen-bond donors (Lipinski definition) is 2. The summed E-state index contributed by atoms with van der Waals surface area (Å²) in [6, 6.07) is 13.2. The van der Waals surface area contributed by atoms with Crippen LogP contribution in [0.1, 0.15) is 32.6 Å². The molecule has 5 heteroatoms. The van der Waals surface area contributed by atoms with E-state index in [1.165, 1.54) is 12.8 Å². The number of amides is 1. The van der Waals surface area contributed by atoms with E-state index in [1.54, 1.807) is 6.20 Å². The molecule has 128 valence electrons. The largest absolute Gasteiger partial charge is 0.493 e. The zero-order chi connectivity index (χ0) is 17.0. The van der Waals surface area contributed by atoms with E-state index in [2.05, 4.69) is 22.5 Å². The predicted octanol–water partition coefficient (Wildman–Crippen LogP) is 4.09. The van der Waals surface area contributed by atoms with Crippen LogP contribution in [0.4, 0.5) is 11.5 Å². The molecule has 0 aliphatic carbocycles. The summed E-state index contributed by atoms with van der Waals surface area (Å²) in [5.74, 6) is 1.51. The summed E-state index contributed by atoms with van der Waals surface area (Å²) in [5, 5.41) is 6.09. The van der Waals surface area contributed by atoms with Crippen molar-refractivity contribution in [2.75, 3.05) is 23.8 Å². The molecule has 1 aromatic carbocycles. The van der Waals surface area contributed by atoms with Gasteiger partial charge >= 0.3 is 0 Å². The minimum atomic E-state index is -0.0867. The van der Waals surface area contributed by atoms with E-state index in [-0.39, 0.29) is 5.91 Å². The Bertz CT molecular complexity index is 600. The number of rotatable bonds is 10. The third kappa shape index (κ3) is 6.69. The van der Waals surface area contributed by atoms with Crippen molar-refractivity contribution in [2.45, 2.75) is 32.6 Å². The maximum Gasteiger partial charge on any atom is 0.227 e. The van der Waals surface area contributed by atoms with Crippen molar-refractivity contribution in [1.82, 2.24) is 4.98 Å². The molecule has 1 aromatic heterocycles. The average Bonchev–Trinajstić information content (AvgIpc) is 2.61. The summed E-state index contributed by atoms with van der Waals surface area (Å²) in [6.45, 7) is 3.45. The number of unbranched alkanes of at least 4 members (excludes halogenated alkanes) is 2. The molecular formula is C19H25N3O2. The third-order valence-corrected chi connectivity index (χ3v) is 3.47. The van der Waals surface area contributed by atoms with E-state index in [1.807, 2.05) is 42.5 Å². The van der Waals surface area contributed by atoms with E-state index in [9.17, 15) is 4.79 Å². The zero-order valence-electron chi connectivity index (χ0n) is 14.1. The number of nitrogens with zero attached hydrogens (tertiary/aromatic N) is 1. The van der Waals surface area contributed by atoms with Gasteiger partial charge in [0.2, 0.25) is 5.91 Å². The van der Waals surface area contributed by atoms with Gasteiger partial charge in [-0.15, -0.1) is 0 Å². The summed E-state index contributed by atoms with van der Waals surface area (Å²) < 4.78 is 5.51. The zero-order valence-corrected chi connectivity index (χ0v) is 14.1. The molecule has 0 radical (unpaired) electrons. The summed E-state index contributed by atoms with van der Waals surface area (Å²) in [6.07, 6.45) is 5.52. The van der Waals surface area contributed by atoms with Crippen LogP contribution in [0.25, 0.3) is 0 Å². The Balaban J connectivity index is 1.67. The second-order valence-electron chi connectivity index (χ2n) is 5.53. The Morgan fingerprint density at radius 1 is 1.12 bits per heavy atom. The summed E-state index contributed by atoms with van der Waals surface area (Å²) >= 11 is 0. The van der Waals surface area contributed by atoms with Crippen LogP contribution in [0.3, 0.4) is 0 Å². The van der Waals surface area contributed by atoms with Gasteiger partial charge in [0.1, 0.15) is 11.6 Å². The van der Waals surface area contributed by atoms with Gasteiger partial charge in [-0.25, -0.2) is 4.98 Å². The Labute approximate surface area is 143 Å². The van der Waals surface area contributed by atoms with Crippen molar-refractivity contribution in [3.63, 3.8) is 0 Å². The van der Waals surface area contributed by atoms with Crippen molar-refractivity contribution in [3.8, 4) is 5.75 Å². The van der Waals surface area contributed by atoms with Crippen LogP contribution < -0.4 is 15.4 Å². The molecule has 0 saturated carbocycles. The van der Waals surface area contributed by atoms with Crippen molar-refractivity contribution in [1.29, 1.82) is 0 Å². The van der Waals surface area contributed by atoms with Gasteiger partial charge < -0.3 is 15.4 Å². The third-order valence-electron chi connectivity index (χ3n) is 3.47. The highest BCUT2D eigenvalue weighted by Gasteiger charge is 2.04. The number of benzene rings is 1. The Hall–Kier alpha value is -2.56. The number of carbonyl (C=O) groups excluding carboxylic acids is 1. The second-order valence-corrected chi connectivity index (χ2v) is 5.53.